The van der Waals surface area contributed by atoms with Crippen LogP contribution in [0.2, 0.25) is 0 Å². The molecule has 1 saturated heterocycles. The van der Waals surface area contributed by atoms with Crippen molar-refractivity contribution in [2.45, 2.75) is 52.2 Å². The van der Waals surface area contributed by atoms with E-state index in [9.17, 15) is 9.59 Å². The number of nitrogens with one attached hydrogen (secondary N) is 1. The van der Waals surface area contributed by atoms with Gasteiger partial charge in [-0.25, -0.2) is 9.48 Å². The molecule has 4 rings (SSSR count). The second kappa shape index (κ2) is 9.17. The highest BCUT2D eigenvalue weighted by Crippen LogP contribution is 2.20. The number of rotatable bonds is 5. The van der Waals surface area contributed by atoms with E-state index >= 15 is 0 Å². The molecule has 1 fully saturated rings. The summed E-state index contributed by atoms with van der Waals surface area (Å²) >= 11 is 2.00. The SMILES string of the molecule is Cc1ccc(CN2CCSCC2)cc1NC(=O)Cn1nc2n(c1=O)CCCCC2. The lowest BCUT2D eigenvalue weighted by atomic mass is 10.1. The standard InChI is InChI=1S/C21H29N5O2S/c1-16-6-7-17(14-24-9-11-29-12-10-24)13-18(16)22-20(27)15-26-21(28)25-8-4-2-3-5-19(25)23-26/h6-7,13H,2-5,8-12,14-15H2,1H3,(H,22,27). The Hall–Kier alpha value is -2.06. The van der Waals surface area contributed by atoms with E-state index in [-0.39, 0.29) is 18.1 Å². The van der Waals surface area contributed by atoms with Gasteiger partial charge < -0.3 is 5.32 Å². The lowest BCUT2D eigenvalue weighted by Crippen LogP contribution is -2.32. The molecule has 0 radical (unpaired) electrons. The van der Waals surface area contributed by atoms with Crippen LogP contribution in [0.5, 0.6) is 0 Å². The summed E-state index contributed by atoms with van der Waals surface area (Å²) in [5, 5.41) is 7.39. The highest BCUT2D eigenvalue weighted by molar-refractivity contribution is 7.99. The Bertz CT molecular complexity index is 930. The van der Waals surface area contributed by atoms with E-state index in [1.165, 1.54) is 21.8 Å². The molecule has 0 spiro atoms. The molecule has 2 aromatic rings. The zero-order valence-corrected chi connectivity index (χ0v) is 17.8. The predicted molar refractivity (Wildman–Crippen MR) is 116 cm³/mol. The molecule has 1 amide bonds. The van der Waals surface area contributed by atoms with Gasteiger partial charge in [-0.3, -0.25) is 14.3 Å². The summed E-state index contributed by atoms with van der Waals surface area (Å²) < 4.78 is 3.03. The van der Waals surface area contributed by atoms with Gasteiger partial charge >= 0.3 is 5.69 Å². The molecule has 0 bridgehead atoms. The lowest BCUT2D eigenvalue weighted by Gasteiger charge is -2.26. The van der Waals surface area contributed by atoms with Crippen molar-refractivity contribution in [3.8, 4) is 0 Å². The summed E-state index contributed by atoms with van der Waals surface area (Å²) in [5.41, 5.74) is 2.85. The van der Waals surface area contributed by atoms with Crippen LogP contribution >= 0.6 is 11.8 Å². The van der Waals surface area contributed by atoms with Gasteiger partial charge in [0.25, 0.3) is 0 Å². The van der Waals surface area contributed by atoms with E-state index in [1.807, 2.05) is 18.7 Å². The van der Waals surface area contributed by atoms with Crippen LogP contribution in [0.3, 0.4) is 0 Å². The molecule has 3 heterocycles. The third-order valence-electron chi connectivity index (χ3n) is 5.66. The van der Waals surface area contributed by atoms with Crippen molar-refractivity contribution in [3.05, 3.63) is 45.6 Å². The number of nitrogens with zero attached hydrogens (tertiary/aromatic N) is 4. The average molecular weight is 416 g/mol. The van der Waals surface area contributed by atoms with Gasteiger partial charge in [-0.1, -0.05) is 18.6 Å². The van der Waals surface area contributed by atoms with E-state index in [1.54, 1.807) is 4.57 Å². The van der Waals surface area contributed by atoms with Crippen molar-refractivity contribution in [1.82, 2.24) is 19.2 Å². The topological polar surface area (TPSA) is 72.2 Å². The van der Waals surface area contributed by atoms with E-state index in [0.29, 0.717) is 6.54 Å². The van der Waals surface area contributed by atoms with Crippen molar-refractivity contribution in [2.24, 2.45) is 0 Å². The normalized spacial score (nSPS) is 17.6. The summed E-state index contributed by atoms with van der Waals surface area (Å²) in [6.07, 6.45) is 3.96. The van der Waals surface area contributed by atoms with E-state index in [0.717, 1.165) is 62.4 Å². The molecule has 7 nitrogen and oxygen atoms in total. The fraction of sp³-hybridized carbons (Fsp3) is 0.571. The maximum absolute atomic E-state index is 12.6. The first kappa shape index (κ1) is 20.2. The quantitative estimate of drug-likeness (QED) is 0.811. The Balaban J connectivity index is 1.43. The number of aryl methyl sites for hydroxylation is 2. The summed E-state index contributed by atoms with van der Waals surface area (Å²) in [7, 11) is 0. The minimum Gasteiger partial charge on any atom is -0.324 e. The largest absolute Gasteiger partial charge is 0.346 e. The first-order chi connectivity index (χ1) is 14.1. The smallest absolute Gasteiger partial charge is 0.324 e. The summed E-state index contributed by atoms with van der Waals surface area (Å²) in [6.45, 7) is 5.75. The maximum Gasteiger partial charge on any atom is 0.346 e. The minimum atomic E-state index is -0.213. The van der Waals surface area contributed by atoms with Crippen molar-refractivity contribution >= 4 is 23.4 Å². The van der Waals surface area contributed by atoms with Gasteiger partial charge in [0, 0.05) is 49.8 Å². The molecule has 29 heavy (non-hydrogen) atoms. The zero-order chi connectivity index (χ0) is 20.2. The number of thioether (sulfide) groups is 1. The lowest BCUT2D eigenvalue weighted by molar-refractivity contribution is -0.117. The zero-order valence-electron chi connectivity index (χ0n) is 17.0. The molecule has 1 aromatic heterocycles. The third-order valence-corrected chi connectivity index (χ3v) is 6.60. The Morgan fingerprint density at radius 2 is 2.00 bits per heavy atom. The van der Waals surface area contributed by atoms with Crippen molar-refractivity contribution < 1.29 is 4.79 Å². The van der Waals surface area contributed by atoms with Crippen molar-refractivity contribution in [1.29, 1.82) is 0 Å². The molecule has 0 unspecified atom stereocenters. The van der Waals surface area contributed by atoms with Crippen molar-refractivity contribution in [2.75, 3.05) is 29.9 Å². The first-order valence-electron chi connectivity index (χ1n) is 10.5. The fourth-order valence-electron chi connectivity index (χ4n) is 3.97. The molecule has 2 aliphatic rings. The van der Waals surface area contributed by atoms with Gasteiger partial charge in [0.05, 0.1) is 0 Å². The first-order valence-corrected chi connectivity index (χ1v) is 11.6. The molecule has 0 saturated carbocycles. The van der Waals surface area contributed by atoms with E-state index in [2.05, 4.69) is 33.5 Å². The Labute approximate surface area is 175 Å². The van der Waals surface area contributed by atoms with Gasteiger partial charge in [0.15, 0.2) is 0 Å². The summed E-state index contributed by atoms with van der Waals surface area (Å²) in [4.78, 5) is 27.7. The van der Waals surface area contributed by atoms with Gasteiger partial charge in [-0.15, -0.1) is 0 Å². The monoisotopic (exact) mass is 415 g/mol. The molecule has 0 atom stereocenters. The van der Waals surface area contributed by atoms with Gasteiger partial charge in [0.2, 0.25) is 5.91 Å². The summed E-state index contributed by atoms with van der Waals surface area (Å²) in [5.74, 6) is 2.95. The highest BCUT2D eigenvalue weighted by atomic mass is 32.2. The predicted octanol–water partition coefficient (Wildman–Crippen LogP) is 2.27. The van der Waals surface area contributed by atoms with Crippen LogP contribution in [-0.4, -0.2) is 49.7 Å². The second-order valence-corrected chi connectivity index (χ2v) is 9.13. The summed E-state index contributed by atoms with van der Waals surface area (Å²) in [6, 6.07) is 6.23. The number of aromatic nitrogens is 3. The van der Waals surface area contributed by atoms with Crippen LogP contribution in [0.4, 0.5) is 5.69 Å². The minimum absolute atomic E-state index is 0.0498. The molecule has 8 heteroatoms. The van der Waals surface area contributed by atoms with Crippen LogP contribution in [0.15, 0.2) is 23.0 Å². The maximum atomic E-state index is 12.6. The van der Waals surface area contributed by atoms with Gasteiger partial charge in [0.1, 0.15) is 12.4 Å². The average Bonchev–Trinajstić information content (AvgIpc) is 2.87. The fourth-order valence-corrected chi connectivity index (χ4v) is 4.95. The number of carbonyl (C=O) groups excluding carboxylic acids is 1. The number of hydrogen-bond donors (Lipinski definition) is 1. The third kappa shape index (κ3) is 4.93. The van der Waals surface area contributed by atoms with Crippen LogP contribution < -0.4 is 11.0 Å². The molecular formula is C21H29N5O2S. The Morgan fingerprint density at radius 1 is 1.17 bits per heavy atom. The molecule has 156 valence electrons. The second-order valence-electron chi connectivity index (χ2n) is 7.90. The highest BCUT2D eigenvalue weighted by Gasteiger charge is 2.18. The number of amides is 1. The Morgan fingerprint density at radius 3 is 2.83 bits per heavy atom. The van der Waals surface area contributed by atoms with Crippen molar-refractivity contribution in [3.63, 3.8) is 0 Å². The van der Waals surface area contributed by atoms with Crippen LogP contribution in [0.1, 0.15) is 36.2 Å². The van der Waals surface area contributed by atoms with Crippen LogP contribution in [-0.2, 0) is 30.8 Å². The van der Waals surface area contributed by atoms with Crippen LogP contribution in [0, 0.1) is 6.92 Å². The van der Waals surface area contributed by atoms with Crippen LogP contribution in [0.25, 0.3) is 0 Å². The molecule has 0 aliphatic carbocycles. The molecule has 1 aromatic carbocycles. The number of carbonyl (C=O) groups is 1. The van der Waals surface area contributed by atoms with Gasteiger partial charge in [-0.2, -0.15) is 16.9 Å². The number of benzene rings is 1. The number of anilines is 1. The Kier molecular flexibility index (Phi) is 6.40. The molecular weight excluding hydrogens is 386 g/mol. The number of fused-ring (bicyclic) bond motifs is 1. The van der Waals surface area contributed by atoms with E-state index in [4.69, 9.17) is 0 Å². The van der Waals surface area contributed by atoms with Gasteiger partial charge in [-0.05, 0) is 37.0 Å². The van der Waals surface area contributed by atoms with E-state index < -0.39 is 0 Å². The molecule has 1 N–H and O–H groups in total. The number of hydrogen-bond acceptors (Lipinski definition) is 5. The molecule has 2 aliphatic heterocycles.